The molecule has 0 aliphatic rings. The minimum atomic E-state index is 0.167. The number of fused-ring (bicyclic) bond motifs is 1. The number of rotatable bonds is 6. The number of hydrogen-bond donors (Lipinski definition) is 0. The lowest BCUT2D eigenvalue weighted by molar-refractivity contribution is 0.242. The fourth-order valence-electron chi connectivity index (χ4n) is 3.44. The Morgan fingerprint density at radius 2 is 1.77 bits per heavy atom. The van der Waals surface area contributed by atoms with E-state index in [0.29, 0.717) is 0 Å². The van der Waals surface area contributed by atoms with Crippen molar-refractivity contribution in [1.29, 1.82) is 0 Å². The molecule has 150 valence electrons. The smallest absolute Gasteiger partial charge is 0.137 e. The van der Waals surface area contributed by atoms with Gasteiger partial charge in [-0.2, -0.15) is 0 Å². The predicted octanol–water partition coefficient (Wildman–Crippen LogP) is 6.33. The minimum Gasteiger partial charge on any atom is -0.491 e. The number of benzene rings is 2. The van der Waals surface area contributed by atoms with E-state index in [1.165, 1.54) is 5.56 Å². The number of aromatic nitrogens is 2. The molecule has 2 aromatic heterocycles. The van der Waals surface area contributed by atoms with E-state index >= 15 is 0 Å². The van der Waals surface area contributed by atoms with Crippen LogP contribution in [0.3, 0.4) is 0 Å². The van der Waals surface area contributed by atoms with E-state index in [-0.39, 0.29) is 6.10 Å². The summed E-state index contributed by atoms with van der Waals surface area (Å²) in [6, 6.07) is 18.8. The third-order valence-electron chi connectivity index (χ3n) is 4.97. The van der Waals surface area contributed by atoms with Gasteiger partial charge in [0.1, 0.15) is 11.4 Å². The molecule has 0 saturated heterocycles. The van der Waals surface area contributed by atoms with Gasteiger partial charge in [-0.05, 0) is 73.4 Å². The van der Waals surface area contributed by atoms with Crippen LogP contribution < -0.4 is 4.74 Å². The highest BCUT2D eigenvalue weighted by atomic mass is 16.5. The molecule has 0 spiro atoms. The Labute approximate surface area is 177 Å². The van der Waals surface area contributed by atoms with E-state index in [1.54, 1.807) is 6.20 Å². The van der Waals surface area contributed by atoms with E-state index in [0.717, 1.165) is 39.3 Å². The molecular formula is C26H25N3O. The average Bonchev–Trinajstić information content (AvgIpc) is 3.16. The molecule has 4 rings (SSSR count). The van der Waals surface area contributed by atoms with Crippen molar-refractivity contribution in [3.05, 3.63) is 90.9 Å². The van der Waals surface area contributed by atoms with Gasteiger partial charge in [-0.15, -0.1) is 0 Å². The van der Waals surface area contributed by atoms with Gasteiger partial charge in [-0.1, -0.05) is 30.8 Å². The second kappa shape index (κ2) is 8.37. The first-order valence-electron chi connectivity index (χ1n) is 10.0. The molecule has 0 aliphatic carbocycles. The van der Waals surface area contributed by atoms with Gasteiger partial charge >= 0.3 is 0 Å². The molecule has 4 aromatic rings. The number of aryl methyl sites for hydroxylation is 1. The summed E-state index contributed by atoms with van der Waals surface area (Å²) >= 11 is 0. The second-order valence-electron chi connectivity index (χ2n) is 7.51. The van der Waals surface area contributed by atoms with Crippen LogP contribution in [-0.4, -0.2) is 21.7 Å². The first kappa shape index (κ1) is 19.6. The summed E-state index contributed by atoms with van der Waals surface area (Å²) in [5.41, 5.74) is 7.56. The minimum absolute atomic E-state index is 0.167. The zero-order chi connectivity index (χ0) is 21.1. The Balaban J connectivity index is 1.68. The number of nitrogens with zero attached hydrogens (tertiary/aromatic N) is 3. The third kappa shape index (κ3) is 4.03. The van der Waals surface area contributed by atoms with Gasteiger partial charge in [-0.3, -0.25) is 9.39 Å². The Bertz CT molecular complexity index is 1220. The molecule has 0 fully saturated rings. The van der Waals surface area contributed by atoms with Crippen molar-refractivity contribution >= 4 is 11.9 Å². The van der Waals surface area contributed by atoms with Crippen molar-refractivity contribution in [2.75, 3.05) is 0 Å². The van der Waals surface area contributed by atoms with Crippen molar-refractivity contribution in [3.63, 3.8) is 0 Å². The van der Waals surface area contributed by atoms with Crippen LogP contribution in [0.25, 0.3) is 28.0 Å². The van der Waals surface area contributed by atoms with E-state index in [9.17, 15) is 0 Å². The van der Waals surface area contributed by atoms with Gasteiger partial charge in [0.2, 0.25) is 0 Å². The molecule has 2 heterocycles. The fraction of sp³-hybridized carbons (Fsp3) is 0.154. The highest BCUT2D eigenvalue weighted by Gasteiger charge is 2.09. The molecule has 4 nitrogen and oxygen atoms in total. The van der Waals surface area contributed by atoms with Crippen LogP contribution in [0.4, 0.5) is 0 Å². The van der Waals surface area contributed by atoms with E-state index < -0.39 is 0 Å². The summed E-state index contributed by atoms with van der Waals surface area (Å²) in [6.45, 7) is 9.78. The molecule has 30 heavy (non-hydrogen) atoms. The molecule has 0 aliphatic heterocycles. The van der Waals surface area contributed by atoms with Gasteiger partial charge in [0, 0.05) is 24.2 Å². The third-order valence-corrected chi connectivity index (χ3v) is 4.97. The topological polar surface area (TPSA) is 38.9 Å². The highest BCUT2D eigenvalue weighted by molar-refractivity contribution is 5.85. The summed E-state index contributed by atoms with van der Waals surface area (Å²) in [7, 11) is 0. The van der Waals surface area contributed by atoms with Crippen LogP contribution in [0.1, 0.15) is 25.0 Å². The molecular weight excluding hydrogens is 370 g/mol. The van der Waals surface area contributed by atoms with E-state index in [2.05, 4.69) is 76.5 Å². The normalized spacial score (nSPS) is 11.5. The monoisotopic (exact) mass is 395 g/mol. The SMILES string of the molecule is C=C/N=C\c1cc(-c2cnc3cc(-c4ccc(OC(C)C)cc4)ccn23)ccc1C. The molecule has 4 heteroatoms. The van der Waals surface area contributed by atoms with Crippen LogP contribution >= 0.6 is 0 Å². The molecule has 0 unspecified atom stereocenters. The number of hydrogen-bond acceptors (Lipinski definition) is 3. The lowest BCUT2D eigenvalue weighted by atomic mass is 10.0. The lowest BCUT2D eigenvalue weighted by Gasteiger charge is -2.10. The molecule has 0 radical (unpaired) electrons. The maximum absolute atomic E-state index is 5.74. The van der Waals surface area contributed by atoms with Crippen molar-refractivity contribution in [1.82, 2.24) is 9.38 Å². The lowest BCUT2D eigenvalue weighted by Crippen LogP contribution is -2.05. The van der Waals surface area contributed by atoms with Gasteiger partial charge < -0.3 is 4.74 Å². The van der Waals surface area contributed by atoms with Crippen molar-refractivity contribution in [2.24, 2.45) is 4.99 Å². The molecule has 0 N–H and O–H groups in total. The molecule has 0 bridgehead atoms. The number of imidazole rings is 1. The van der Waals surface area contributed by atoms with Crippen LogP contribution in [0, 0.1) is 6.92 Å². The zero-order valence-electron chi connectivity index (χ0n) is 17.5. The Hall–Kier alpha value is -3.66. The van der Waals surface area contributed by atoms with Crippen LogP contribution in [0.15, 0.2) is 84.8 Å². The Morgan fingerprint density at radius 1 is 1.00 bits per heavy atom. The summed E-state index contributed by atoms with van der Waals surface area (Å²) in [6.07, 6.45) is 7.53. The van der Waals surface area contributed by atoms with Gasteiger partial charge in [-0.25, -0.2) is 4.98 Å². The first-order valence-corrected chi connectivity index (χ1v) is 10.0. The fourth-order valence-corrected chi connectivity index (χ4v) is 3.44. The van der Waals surface area contributed by atoms with Crippen molar-refractivity contribution < 1.29 is 4.74 Å². The Morgan fingerprint density at radius 3 is 2.50 bits per heavy atom. The van der Waals surface area contributed by atoms with Crippen molar-refractivity contribution in [2.45, 2.75) is 26.9 Å². The van der Waals surface area contributed by atoms with E-state index in [1.807, 2.05) is 38.4 Å². The Kier molecular flexibility index (Phi) is 5.48. The molecule has 2 aromatic carbocycles. The summed E-state index contributed by atoms with van der Waals surface area (Å²) in [4.78, 5) is 8.80. The van der Waals surface area contributed by atoms with Crippen LogP contribution in [-0.2, 0) is 0 Å². The van der Waals surface area contributed by atoms with Crippen molar-refractivity contribution in [3.8, 4) is 28.1 Å². The largest absolute Gasteiger partial charge is 0.491 e. The maximum atomic E-state index is 5.74. The van der Waals surface area contributed by atoms with Crippen LogP contribution in [0.2, 0.25) is 0 Å². The van der Waals surface area contributed by atoms with Gasteiger partial charge in [0.15, 0.2) is 0 Å². The van der Waals surface area contributed by atoms with E-state index in [4.69, 9.17) is 4.74 Å². The summed E-state index contributed by atoms with van der Waals surface area (Å²) in [5, 5.41) is 0. The standard InChI is InChI=1S/C26H25N3O/c1-5-27-16-23-14-22(7-6-19(23)4)25-17-28-26-15-21(12-13-29(25)26)20-8-10-24(11-9-20)30-18(2)3/h5-18H,1H2,2-4H3/b27-16-. The van der Waals surface area contributed by atoms with Gasteiger partial charge in [0.25, 0.3) is 0 Å². The zero-order valence-corrected chi connectivity index (χ0v) is 17.5. The molecule has 0 amide bonds. The highest BCUT2D eigenvalue weighted by Crippen LogP contribution is 2.27. The predicted molar refractivity (Wildman–Crippen MR) is 124 cm³/mol. The van der Waals surface area contributed by atoms with Crippen LogP contribution in [0.5, 0.6) is 5.75 Å². The number of aliphatic imine (C=N–C) groups is 1. The number of pyridine rings is 1. The molecule has 0 saturated carbocycles. The number of ether oxygens (including phenoxy) is 1. The molecule has 0 atom stereocenters. The first-order chi connectivity index (χ1) is 14.5. The van der Waals surface area contributed by atoms with Gasteiger partial charge in [0.05, 0.1) is 18.0 Å². The summed E-state index contributed by atoms with van der Waals surface area (Å²) < 4.78 is 7.85. The average molecular weight is 396 g/mol. The maximum Gasteiger partial charge on any atom is 0.137 e. The summed E-state index contributed by atoms with van der Waals surface area (Å²) in [5.74, 6) is 0.882. The quantitative estimate of drug-likeness (QED) is 0.358. The second-order valence-corrected chi connectivity index (χ2v) is 7.51.